The van der Waals surface area contributed by atoms with Gasteiger partial charge in [0, 0.05) is 38.9 Å². The molecule has 1 atom stereocenters. The molecule has 2 fully saturated rings. The molecule has 2 N–H and O–H groups in total. The molecule has 6 nitrogen and oxygen atoms in total. The van der Waals surface area contributed by atoms with Crippen molar-refractivity contribution in [3.63, 3.8) is 0 Å². The fourth-order valence-corrected chi connectivity index (χ4v) is 4.64. The Kier molecular flexibility index (Phi) is 9.59. The maximum atomic E-state index is 5.65. The smallest absolute Gasteiger partial charge is 0.191 e. The Morgan fingerprint density at radius 3 is 2.66 bits per heavy atom. The molecule has 1 aliphatic carbocycles. The van der Waals surface area contributed by atoms with Crippen molar-refractivity contribution in [3.05, 3.63) is 59.8 Å². The van der Waals surface area contributed by atoms with Gasteiger partial charge in [0.25, 0.3) is 0 Å². The van der Waals surface area contributed by atoms with Gasteiger partial charge in [0.05, 0.1) is 12.7 Å². The predicted molar refractivity (Wildman–Crippen MR) is 142 cm³/mol. The quantitative estimate of drug-likeness (QED) is 0.331. The summed E-state index contributed by atoms with van der Waals surface area (Å²) < 4.78 is 5.65. The molecule has 0 spiro atoms. The predicted octanol–water partition coefficient (Wildman–Crippen LogP) is 4.32. The van der Waals surface area contributed by atoms with Crippen molar-refractivity contribution >= 4 is 35.8 Å². The van der Waals surface area contributed by atoms with Gasteiger partial charge in [0.1, 0.15) is 5.82 Å². The van der Waals surface area contributed by atoms with Gasteiger partial charge < -0.3 is 20.3 Å². The van der Waals surface area contributed by atoms with Crippen LogP contribution in [-0.2, 0) is 11.3 Å². The van der Waals surface area contributed by atoms with E-state index in [0.29, 0.717) is 12.0 Å². The van der Waals surface area contributed by atoms with Crippen molar-refractivity contribution in [1.29, 1.82) is 0 Å². The number of rotatable bonds is 5. The molecule has 1 saturated carbocycles. The Labute approximate surface area is 209 Å². The van der Waals surface area contributed by atoms with Crippen molar-refractivity contribution in [2.75, 3.05) is 31.6 Å². The van der Waals surface area contributed by atoms with E-state index in [2.05, 4.69) is 74.9 Å². The van der Waals surface area contributed by atoms with Gasteiger partial charge >= 0.3 is 0 Å². The number of nitrogens with zero attached hydrogens (tertiary/aromatic N) is 3. The third kappa shape index (κ3) is 6.81. The molecule has 1 aliphatic heterocycles. The average molecular weight is 550 g/mol. The van der Waals surface area contributed by atoms with E-state index in [1.54, 1.807) is 0 Å². The third-order valence-electron chi connectivity index (χ3n) is 6.40. The molecule has 2 aromatic rings. The van der Waals surface area contributed by atoms with Crippen molar-refractivity contribution in [1.82, 2.24) is 15.6 Å². The van der Waals surface area contributed by atoms with E-state index in [0.717, 1.165) is 38.0 Å². The summed E-state index contributed by atoms with van der Waals surface area (Å²) >= 11 is 0. The second kappa shape index (κ2) is 12.4. The number of aromatic nitrogens is 1. The fourth-order valence-electron chi connectivity index (χ4n) is 4.64. The van der Waals surface area contributed by atoms with E-state index in [9.17, 15) is 0 Å². The molecule has 7 heteroatoms. The van der Waals surface area contributed by atoms with E-state index < -0.39 is 0 Å². The van der Waals surface area contributed by atoms with Crippen LogP contribution in [0.1, 0.15) is 49.7 Å². The summed E-state index contributed by atoms with van der Waals surface area (Å²) in [6.07, 6.45) is 6.95. The minimum atomic E-state index is 0. The molecule has 0 bridgehead atoms. The van der Waals surface area contributed by atoms with Crippen LogP contribution in [0.3, 0.4) is 0 Å². The molecule has 2 heterocycles. The summed E-state index contributed by atoms with van der Waals surface area (Å²) in [6.45, 7) is 5.38. The molecule has 1 saturated heterocycles. The molecule has 4 rings (SSSR count). The van der Waals surface area contributed by atoms with Crippen LogP contribution in [0, 0.1) is 0 Å². The Morgan fingerprint density at radius 2 is 1.94 bits per heavy atom. The number of hydrogen-bond acceptors (Lipinski definition) is 4. The van der Waals surface area contributed by atoms with Crippen LogP contribution in [0.4, 0.5) is 5.82 Å². The van der Waals surface area contributed by atoms with Gasteiger partial charge in [-0.15, -0.1) is 24.0 Å². The zero-order valence-corrected chi connectivity index (χ0v) is 21.5. The van der Waals surface area contributed by atoms with Crippen LogP contribution in [0.25, 0.3) is 0 Å². The highest BCUT2D eigenvalue weighted by Crippen LogP contribution is 2.32. The summed E-state index contributed by atoms with van der Waals surface area (Å²) in [4.78, 5) is 11.3. The van der Waals surface area contributed by atoms with Gasteiger partial charge in [-0.05, 0) is 61.8 Å². The van der Waals surface area contributed by atoms with Gasteiger partial charge in [0.2, 0.25) is 0 Å². The Morgan fingerprint density at radius 1 is 1.16 bits per heavy atom. The number of hydrogen-bond donors (Lipinski definition) is 2. The lowest BCUT2D eigenvalue weighted by Crippen LogP contribution is -2.44. The maximum absolute atomic E-state index is 5.65. The van der Waals surface area contributed by atoms with Crippen molar-refractivity contribution < 1.29 is 4.74 Å². The topological polar surface area (TPSA) is 61.8 Å². The number of pyridine rings is 1. The maximum Gasteiger partial charge on any atom is 0.191 e. The molecular formula is C25H36IN5O. The first kappa shape index (κ1) is 24.8. The van der Waals surface area contributed by atoms with E-state index in [1.165, 1.54) is 36.8 Å². The number of benzene rings is 1. The highest BCUT2D eigenvalue weighted by molar-refractivity contribution is 14.0. The number of halogens is 1. The largest absolute Gasteiger partial charge is 0.375 e. The van der Waals surface area contributed by atoms with Gasteiger partial charge in [-0.25, -0.2) is 4.98 Å². The number of morpholine rings is 1. The number of anilines is 1. The first-order valence-electron chi connectivity index (χ1n) is 11.5. The lowest BCUT2D eigenvalue weighted by atomic mass is 9.82. The van der Waals surface area contributed by atoms with Crippen molar-refractivity contribution in [2.24, 2.45) is 4.99 Å². The van der Waals surface area contributed by atoms with Crippen molar-refractivity contribution in [2.45, 2.75) is 57.2 Å². The molecule has 174 valence electrons. The lowest BCUT2D eigenvalue weighted by molar-refractivity contribution is 0.0529. The first-order chi connectivity index (χ1) is 15.2. The number of aliphatic imine (C=N–C) groups is 1. The second-order valence-corrected chi connectivity index (χ2v) is 8.68. The fraction of sp³-hybridized carbons (Fsp3) is 0.520. The average Bonchev–Trinajstić information content (AvgIpc) is 2.83. The summed E-state index contributed by atoms with van der Waals surface area (Å²) in [7, 11) is 1.85. The molecule has 0 radical (unpaired) electrons. The van der Waals surface area contributed by atoms with E-state index in [4.69, 9.17) is 4.74 Å². The van der Waals surface area contributed by atoms with Gasteiger partial charge in [0.15, 0.2) is 5.96 Å². The summed E-state index contributed by atoms with van der Waals surface area (Å²) in [6, 6.07) is 15.6. The van der Waals surface area contributed by atoms with Crippen LogP contribution >= 0.6 is 24.0 Å². The molecular weight excluding hydrogens is 513 g/mol. The van der Waals surface area contributed by atoms with E-state index in [-0.39, 0.29) is 30.1 Å². The number of guanidine groups is 1. The van der Waals surface area contributed by atoms with Crippen LogP contribution in [0.15, 0.2) is 53.7 Å². The van der Waals surface area contributed by atoms with Gasteiger partial charge in [-0.1, -0.05) is 30.3 Å². The summed E-state index contributed by atoms with van der Waals surface area (Å²) in [5.41, 5.74) is 2.69. The zero-order chi connectivity index (χ0) is 21.5. The molecule has 1 aromatic carbocycles. The second-order valence-electron chi connectivity index (χ2n) is 8.68. The van der Waals surface area contributed by atoms with Gasteiger partial charge in [-0.3, -0.25) is 4.99 Å². The molecule has 2 aliphatic rings. The van der Waals surface area contributed by atoms with Crippen molar-refractivity contribution in [3.8, 4) is 0 Å². The van der Waals surface area contributed by atoms with Crippen LogP contribution in [-0.4, -0.2) is 49.8 Å². The molecule has 0 amide bonds. The minimum Gasteiger partial charge on any atom is -0.375 e. The highest BCUT2D eigenvalue weighted by atomic mass is 127. The Hall–Kier alpha value is -1.87. The van der Waals surface area contributed by atoms with Gasteiger partial charge in [-0.2, -0.15) is 0 Å². The van der Waals surface area contributed by atoms with Crippen LogP contribution < -0.4 is 15.5 Å². The summed E-state index contributed by atoms with van der Waals surface area (Å²) in [5.74, 6) is 2.59. The monoisotopic (exact) mass is 549 g/mol. The van der Waals surface area contributed by atoms with E-state index >= 15 is 0 Å². The van der Waals surface area contributed by atoms with Crippen LogP contribution in [0.2, 0.25) is 0 Å². The van der Waals surface area contributed by atoms with E-state index in [1.807, 2.05) is 13.2 Å². The number of nitrogens with one attached hydrogen (secondary N) is 2. The first-order valence-corrected chi connectivity index (χ1v) is 11.5. The molecule has 1 aromatic heterocycles. The minimum absolute atomic E-state index is 0. The summed E-state index contributed by atoms with van der Waals surface area (Å²) in [5, 5.41) is 7.11. The zero-order valence-electron chi connectivity index (χ0n) is 19.2. The number of ether oxygens (including phenoxy) is 1. The Bertz CT molecular complexity index is 854. The SMILES string of the molecule is CN=C(NCc1ccnc(N2CCOC(C)C2)c1)NC1CCC(c2ccccc2)CC1.I. The highest BCUT2D eigenvalue weighted by Gasteiger charge is 2.23. The Balaban J connectivity index is 0.00000289. The normalized spacial score (nSPS) is 23.9. The lowest BCUT2D eigenvalue weighted by Gasteiger charge is -2.32. The molecule has 1 unspecified atom stereocenters. The third-order valence-corrected chi connectivity index (χ3v) is 6.40. The van der Waals surface area contributed by atoms with Crippen LogP contribution in [0.5, 0.6) is 0 Å². The molecule has 32 heavy (non-hydrogen) atoms. The standard InChI is InChI=1S/C25H35N5O.HI/c1-19-18-30(14-15-31-19)24-16-20(12-13-27-24)17-28-25(26-2)29-23-10-8-22(9-11-23)21-6-4-3-5-7-21;/h3-7,12-13,16,19,22-23H,8-11,14-15,17-18H2,1-2H3,(H2,26,28,29);1H.